The first-order valence-electron chi connectivity index (χ1n) is 9.85. The van der Waals surface area contributed by atoms with Crippen LogP contribution in [0.25, 0.3) is 11.3 Å². The molecule has 0 radical (unpaired) electrons. The molecule has 1 fully saturated rings. The minimum absolute atomic E-state index is 0.0119. The van der Waals surface area contributed by atoms with E-state index in [1.54, 1.807) is 38.4 Å². The summed E-state index contributed by atoms with van der Waals surface area (Å²) in [6.07, 6.45) is 1.22. The largest absolute Gasteiger partial charge is 0.385 e. The summed E-state index contributed by atoms with van der Waals surface area (Å²) >= 11 is 0. The van der Waals surface area contributed by atoms with Gasteiger partial charge in [0, 0.05) is 44.9 Å². The highest BCUT2D eigenvalue weighted by Crippen LogP contribution is 2.25. The summed E-state index contributed by atoms with van der Waals surface area (Å²) in [5.74, 6) is 3.64. The van der Waals surface area contributed by atoms with Crippen molar-refractivity contribution in [3.63, 3.8) is 0 Å². The molecule has 0 unspecified atom stereocenters. The number of nitrogens with zero attached hydrogens (tertiary/aromatic N) is 2. The second-order valence-corrected chi connectivity index (χ2v) is 7.45. The van der Waals surface area contributed by atoms with Crippen LogP contribution in [0.2, 0.25) is 0 Å². The van der Waals surface area contributed by atoms with Gasteiger partial charge in [0.1, 0.15) is 17.2 Å². The summed E-state index contributed by atoms with van der Waals surface area (Å²) in [7, 11) is 3.17. The molecule has 1 atom stereocenters. The van der Waals surface area contributed by atoms with Crippen molar-refractivity contribution in [2.24, 2.45) is 5.73 Å². The number of primary amides is 1. The van der Waals surface area contributed by atoms with Crippen molar-refractivity contribution in [2.45, 2.75) is 24.9 Å². The molecular formula is C23H24FN3O4. The number of aryl methyl sites for hydroxylation is 1. The lowest BCUT2D eigenvalue weighted by Gasteiger charge is -2.13. The fraction of sp³-hybridized carbons (Fsp3) is 0.348. The zero-order chi connectivity index (χ0) is 22.6. The Labute approximate surface area is 180 Å². The number of aliphatic hydroxyl groups is 1. The molecule has 31 heavy (non-hydrogen) atoms. The lowest BCUT2D eigenvalue weighted by atomic mass is 10.0. The molecular weight excluding hydrogens is 401 g/mol. The molecule has 2 heterocycles. The maximum absolute atomic E-state index is 14.8. The number of rotatable bonds is 6. The van der Waals surface area contributed by atoms with Gasteiger partial charge in [-0.1, -0.05) is 24.0 Å². The zero-order valence-corrected chi connectivity index (χ0v) is 17.4. The first-order chi connectivity index (χ1) is 14.7. The van der Waals surface area contributed by atoms with Gasteiger partial charge in [-0.15, -0.1) is 0 Å². The second kappa shape index (κ2) is 9.25. The number of carbonyl (C=O) groups excluding carboxylic acids is 2. The van der Waals surface area contributed by atoms with E-state index in [-0.39, 0.29) is 17.8 Å². The predicted molar refractivity (Wildman–Crippen MR) is 112 cm³/mol. The highest BCUT2D eigenvalue weighted by atomic mass is 19.1. The molecule has 2 amide bonds. The Morgan fingerprint density at radius 2 is 2.19 bits per heavy atom. The molecule has 3 rings (SSSR count). The Bertz CT molecular complexity index is 1080. The lowest BCUT2D eigenvalue weighted by Crippen LogP contribution is -2.37. The lowest BCUT2D eigenvalue weighted by molar-refractivity contribution is -0.137. The number of ether oxygens (including phenoxy) is 1. The minimum Gasteiger partial charge on any atom is -0.385 e. The molecule has 3 N–H and O–H groups in total. The van der Waals surface area contributed by atoms with Gasteiger partial charge in [0.15, 0.2) is 0 Å². The predicted octanol–water partition coefficient (Wildman–Crippen LogP) is 1.51. The molecule has 1 aromatic heterocycles. The third-order valence-corrected chi connectivity index (χ3v) is 5.14. The number of carbonyl (C=O) groups is 2. The third kappa shape index (κ3) is 4.90. The summed E-state index contributed by atoms with van der Waals surface area (Å²) in [6, 6.07) is 7.82. The molecule has 0 aliphatic carbocycles. The quantitative estimate of drug-likeness (QED) is 0.539. The average Bonchev–Trinajstić information content (AvgIpc) is 3.00. The summed E-state index contributed by atoms with van der Waals surface area (Å²) < 4.78 is 19.8. The third-order valence-electron chi connectivity index (χ3n) is 5.14. The zero-order valence-electron chi connectivity index (χ0n) is 17.4. The fourth-order valence-electron chi connectivity index (χ4n) is 3.43. The van der Waals surface area contributed by atoms with Gasteiger partial charge < -0.3 is 20.5 Å². The Hall–Kier alpha value is -3.28. The van der Waals surface area contributed by atoms with Crippen molar-refractivity contribution in [1.82, 2.24) is 9.88 Å². The molecule has 0 saturated carbocycles. The van der Waals surface area contributed by atoms with E-state index in [4.69, 9.17) is 10.5 Å². The smallest absolute Gasteiger partial charge is 0.267 e. The van der Waals surface area contributed by atoms with E-state index in [0.717, 1.165) is 0 Å². The highest BCUT2D eigenvalue weighted by molar-refractivity contribution is 5.93. The number of aromatic nitrogens is 1. The van der Waals surface area contributed by atoms with Crippen molar-refractivity contribution in [3.8, 4) is 23.1 Å². The highest BCUT2D eigenvalue weighted by Gasteiger charge is 2.42. The van der Waals surface area contributed by atoms with Gasteiger partial charge in [-0.25, -0.2) is 9.37 Å². The second-order valence-electron chi connectivity index (χ2n) is 7.45. The van der Waals surface area contributed by atoms with E-state index >= 15 is 0 Å². The monoisotopic (exact) mass is 425 g/mol. The van der Waals surface area contributed by atoms with E-state index in [1.165, 1.54) is 11.0 Å². The van der Waals surface area contributed by atoms with Crippen molar-refractivity contribution < 1.29 is 23.8 Å². The molecule has 1 saturated heterocycles. The first-order valence-corrected chi connectivity index (χ1v) is 9.85. The number of benzene rings is 1. The molecule has 7 nitrogen and oxygen atoms in total. The number of likely N-dealkylation sites (tertiary alicyclic amines) is 1. The van der Waals surface area contributed by atoms with E-state index in [1.807, 2.05) is 0 Å². The number of hydrogen-bond acceptors (Lipinski definition) is 5. The number of amides is 2. The summed E-state index contributed by atoms with van der Waals surface area (Å²) in [5, 5.41) is 10.4. The van der Waals surface area contributed by atoms with Crippen LogP contribution in [-0.4, -0.2) is 59.7 Å². The van der Waals surface area contributed by atoms with E-state index in [9.17, 15) is 19.1 Å². The van der Waals surface area contributed by atoms with E-state index < -0.39 is 23.2 Å². The SMILES string of the molecule is COCCCc1cc(F)c(-c2cccc(C#C[C@]3(O)CCN(C)C3=O)c2)nc1C(N)=O. The molecule has 2 aromatic rings. The minimum atomic E-state index is -1.72. The van der Waals surface area contributed by atoms with Gasteiger partial charge in [0.25, 0.3) is 11.8 Å². The number of nitrogens with two attached hydrogens (primary N) is 1. The van der Waals surface area contributed by atoms with Crippen LogP contribution in [-0.2, 0) is 16.0 Å². The Morgan fingerprint density at radius 1 is 1.42 bits per heavy atom. The van der Waals surface area contributed by atoms with Crippen LogP contribution in [0.5, 0.6) is 0 Å². The fourth-order valence-corrected chi connectivity index (χ4v) is 3.43. The van der Waals surface area contributed by atoms with E-state index in [2.05, 4.69) is 16.8 Å². The topological polar surface area (TPSA) is 106 Å². The average molecular weight is 425 g/mol. The molecule has 1 aliphatic heterocycles. The van der Waals surface area contributed by atoms with Gasteiger partial charge in [-0.05, 0) is 36.6 Å². The summed E-state index contributed by atoms with van der Waals surface area (Å²) in [6.45, 7) is 0.888. The maximum atomic E-state index is 14.8. The molecule has 1 aromatic carbocycles. The van der Waals surface area contributed by atoms with Gasteiger partial charge >= 0.3 is 0 Å². The van der Waals surface area contributed by atoms with Crippen LogP contribution in [0.15, 0.2) is 30.3 Å². The van der Waals surface area contributed by atoms with Crippen molar-refractivity contribution >= 4 is 11.8 Å². The van der Waals surface area contributed by atoms with Gasteiger partial charge in [-0.2, -0.15) is 0 Å². The molecule has 0 bridgehead atoms. The van der Waals surface area contributed by atoms with Crippen molar-refractivity contribution in [3.05, 3.63) is 53.0 Å². The van der Waals surface area contributed by atoms with Gasteiger partial charge in [0.05, 0.1) is 0 Å². The van der Waals surface area contributed by atoms with Crippen molar-refractivity contribution in [2.75, 3.05) is 27.3 Å². The Morgan fingerprint density at radius 3 is 2.84 bits per heavy atom. The van der Waals surface area contributed by atoms with Gasteiger partial charge in [0.2, 0.25) is 5.60 Å². The summed E-state index contributed by atoms with van der Waals surface area (Å²) in [4.78, 5) is 29.6. The molecule has 162 valence electrons. The number of halogens is 1. The first kappa shape index (κ1) is 22.4. The Kier molecular flexibility index (Phi) is 6.68. The van der Waals surface area contributed by atoms with Crippen LogP contribution >= 0.6 is 0 Å². The van der Waals surface area contributed by atoms with Crippen LogP contribution in [0.4, 0.5) is 4.39 Å². The molecule has 0 spiro atoms. The van der Waals surface area contributed by atoms with E-state index in [0.29, 0.717) is 42.7 Å². The van der Waals surface area contributed by atoms with Crippen LogP contribution in [0.1, 0.15) is 34.5 Å². The van der Waals surface area contributed by atoms with Crippen LogP contribution in [0, 0.1) is 17.7 Å². The molecule has 8 heteroatoms. The summed E-state index contributed by atoms with van der Waals surface area (Å²) in [5.41, 5.74) is 5.02. The number of likely N-dealkylation sites (N-methyl/N-ethyl adjacent to an activating group) is 1. The van der Waals surface area contributed by atoms with Crippen LogP contribution in [0.3, 0.4) is 0 Å². The standard InChI is InChI=1S/C23H24FN3O4/c1-27-11-10-23(30,22(27)29)9-8-15-5-3-6-16(13-15)19-18(24)14-17(7-4-12-31-2)20(26-19)21(25)28/h3,5-6,13-14,30H,4,7,10-12H2,1-2H3,(H2,25,28)/t23-/m0/s1. The van der Waals surface area contributed by atoms with Gasteiger partial charge in [-0.3, -0.25) is 9.59 Å². The number of pyridine rings is 1. The Balaban J connectivity index is 1.94. The van der Waals surface area contributed by atoms with Crippen molar-refractivity contribution in [1.29, 1.82) is 0 Å². The number of hydrogen-bond donors (Lipinski definition) is 2. The number of methoxy groups -OCH3 is 1. The van der Waals surface area contributed by atoms with Crippen LogP contribution < -0.4 is 5.73 Å². The normalized spacial score (nSPS) is 18.1. The maximum Gasteiger partial charge on any atom is 0.267 e. The molecule has 1 aliphatic rings.